The van der Waals surface area contributed by atoms with Crippen LogP contribution in [0, 0.1) is 17.8 Å². The van der Waals surface area contributed by atoms with Gasteiger partial charge in [0, 0.05) is 11.6 Å². The molecule has 100 valence electrons. The van der Waals surface area contributed by atoms with E-state index in [9.17, 15) is 0 Å². The molecule has 1 aromatic heterocycles. The first-order chi connectivity index (χ1) is 8.79. The van der Waals surface area contributed by atoms with E-state index in [0.717, 1.165) is 30.7 Å². The van der Waals surface area contributed by atoms with E-state index >= 15 is 0 Å². The number of furan rings is 1. The SMILES string of the molecule is CCCNC(c1ccoc1Cl)C1CC2CCC1C2. The molecule has 0 amide bonds. The molecule has 2 fully saturated rings. The van der Waals surface area contributed by atoms with Crippen molar-refractivity contribution in [3.05, 3.63) is 23.1 Å². The lowest BCUT2D eigenvalue weighted by Crippen LogP contribution is -2.31. The first-order valence-electron chi connectivity index (χ1n) is 7.25. The largest absolute Gasteiger partial charge is 0.453 e. The monoisotopic (exact) mass is 267 g/mol. The summed E-state index contributed by atoms with van der Waals surface area (Å²) in [6, 6.07) is 2.44. The quantitative estimate of drug-likeness (QED) is 0.855. The highest BCUT2D eigenvalue weighted by Crippen LogP contribution is 2.53. The van der Waals surface area contributed by atoms with Gasteiger partial charge in [0.05, 0.1) is 6.26 Å². The summed E-state index contributed by atoms with van der Waals surface area (Å²) in [6.07, 6.45) is 8.53. The van der Waals surface area contributed by atoms with Gasteiger partial charge in [-0.15, -0.1) is 0 Å². The third kappa shape index (κ3) is 2.21. The van der Waals surface area contributed by atoms with E-state index in [2.05, 4.69) is 12.2 Å². The first kappa shape index (κ1) is 12.6. The Kier molecular flexibility index (Phi) is 3.67. The minimum Gasteiger partial charge on any atom is -0.453 e. The van der Waals surface area contributed by atoms with Crippen LogP contribution in [0.5, 0.6) is 0 Å². The molecule has 0 spiro atoms. The summed E-state index contributed by atoms with van der Waals surface area (Å²) >= 11 is 6.19. The van der Waals surface area contributed by atoms with Crippen molar-refractivity contribution in [3.8, 4) is 0 Å². The molecule has 2 nitrogen and oxygen atoms in total. The van der Waals surface area contributed by atoms with Crippen molar-refractivity contribution in [3.63, 3.8) is 0 Å². The van der Waals surface area contributed by atoms with Crippen molar-refractivity contribution in [2.75, 3.05) is 6.54 Å². The summed E-state index contributed by atoms with van der Waals surface area (Å²) in [6.45, 7) is 3.27. The summed E-state index contributed by atoms with van der Waals surface area (Å²) in [5.74, 6) is 2.62. The Labute approximate surface area is 114 Å². The molecular weight excluding hydrogens is 246 g/mol. The molecule has 3 heteroatoms. The van der Waals surface area contributed by atoms with E-state index in [1.807, 2.05) is 6.07 Å². The molecule has 0 radical (unpaired) electrons. The molecule has 4 unspecified atom stereocenters. The van der Waals surface area contributed by atoms with Crippen LogP contribution in [0.2, 0.25) is 5.22 Å². The fourth-order valence-corrected chi connectivity index (χ4v) is 4.25. The van der Waals surface area contributed by atoms with Crippen LogP contribution in [0.3, 0.4) is 0 Å². The van der Waals surface area contributed by atoms with Gasteiger partial charge >= 0.3 is 0 Å². The van der Waals surface area contributed by atoms with Crippen molar-refractivity contribution in [2.45, 2.75) is 45.1 Å². The number of hydrogen-bond acceptors (Lipinski definition) is 2. The van der Waals surface area contributed by atoms with E-state index in [-0.39, 0.29) is 0 Å². The first-order valence-corrected chi connectivity index (χ1v) is 7.63. The number of rotatable bonds is 5. The average Bonchev–Trinajstić information content (AvgIpc) is 3.07. The second-order valence-corrected chi connectivity index (χ2v) is 6.26. The highest BCUT2D eigenvalue weighted by Gasteiger charge is 2.44. The summed E-state index contributed by atoms with van der Waals surface area (Å²) in [7, 11) is 0. The van der Waals surface area contributed by atoms with Gasteiger partial charge in [-0.1, -0.05) is 13.3 Å². The van der Waals surface area contributed by atoms with Crippen LogP contribution in [-0.2, 0) is 0 Å². The van der Waals surface area contributed by atoms with Crippen LogP contribution in [0.1, 0.15) is 50.6 Å². The third-order valence-electron chi connectivity index (χ3n) is 4.82. The zero-order chi connectivity index (χ0) is 12.5. The van der Waals surface area contributed by atoms with Gasteiger partial charge in [0.2, 0.25) is 0 Å². The fourth-order valence-electron chi connectivity index (χ4n) is 4.02. The molecule has 0 saturated heterocycles. The van der Waals surface area contributed by atoms with E-state index in [1.54, 1.807) is 6.26 Å². The molecule has 1 N–H and O–H groups in total. The molecule has 2 aliphatic rings. The molecule has 2 saturated carbocycles. The van der Waals surface area contributed by atoms with E-state index in [1.165, 1.54) is 31.2 Å². The zero-order valence-corrected chi connectivity index (χ0v) is 11.7. The predicted molar refractivity (Wildman–Crippen MR) is 73.7 cm³/mol. The summed E-state index contributed by atoms with van der Waals surface area (Å²) in [5.41, 5.74) is 1.17. The Balaban J connectivity index is 1.79. The topological polar surface area (TPSA) is 25.2 Å². The molecule has 0 aromatic carbocycles. The van der Waals surface area contributed by atoms with Crippen LogP contribution in [0.15, 0.2) is 16.7 Å². The van der Waals surface area contributed by atoms with Crippen molar-refractivity contribution < 1.29 is 4.42 Å². The fraction of sp³-hybridized carbons (Fsp3) is 0.733. The Morgan fingerprint density at radius 2 is 2.33 bits per heavy atom. The van der Waals surface area contributed by atoms with Crippen molar-refractivity contribution in [1.82, 2.24) is 5.32 Å². The lowest BCUT2D eigenvalue weighted by Gasteiger charge is -2.31. The maximum Gasteiger partial charge on any atom is 0.197 e. The van der Waals surface area contributed by atoms with Crippen molar-refractivity contribution in [2.24, 2.45) is 17.8 Å². The second-order valence-electron chi connectivity index (χ2n) is 5.92. The number of halogens is 1. The Bertz CT molecular complexity index is 403. The maximum absolute atomic E-state index is 6.19. The Morgan fingerprint density at radius 1 is 1.44 bits per heavy atom. The summed E-state index contributed by atoms with van der Waals surface area (Å²) in [4.78, 5) is 0. The van der Waals surface area contributed by atoms with Gasteiger partial charge in [-0.25, -0.2) is 0 Å². The van der Waals surface area contributed by atoms with Crippen molar-refractivity contribution in [1.29, 1.82) is 0 Å². The highest BCUT2D eigenvalue weighted by atomic mass is 35.5. The minimum atomic E-state index is 0.395. The van der Waals surface area contributed by atoms with Crippen LogP contribution in [0.25, 0.3) is 0 Å². The lowest BCUT2D eigenvalue weighted by atomic mass is 9.81. The number of fused-ring (bicyclic) bond motifs is 2. The lowest BCUT2D eigenvalue weighted by molar-refractivity contribution is 0.250. The predicted octanol–water partition coefficient (Wildman–Crippen LogP) is 4.41. The van der Waals surface area contributed by atoms with Crippen LogP contribution < -0.4 is 5.32 Å². The van der Waals surface area contributed by atoms with Gasteiger partial charge in [-0.2, -0.15) is 0 Å². The van der Waals surface area contributed by atoms with Gasteiger partial charge < -0.3 is 9.73 Å². The van der Waals surface area contributed by atoms with Gasteiger partial charge in [0.25, 0.3) is 0 Å². The van der Waals surface area contributed by atoms with Crippen molar-refractivity contribution >= 4 is 11.6 Å². The molecule has 2 bridgehead atoms. The minimum absolute atomic E-state index is 0.395. The average molecular weight is 268 g/mol. The second kappa shape index (κ2) is 5.26. The molecule has 1 heterocycles. The zero-order valence-electron chi connectivity index (χ0n) is 11.0. The van der Waals surface area contributed by atoms with Gasteiger partial charge in [-0.05, 0) is 67.6 Å². The normalized spacial score (nSPS) is 32.0. The molecule has 1 aromatic rings. The molecule has 0 aliphatic heterocycles. The number of nitrogens with one attached hydrogen (secondary N) is 1. The molecule has 3 rings (SSSR count). The van der Waals surface area contributed by atoms with E-state index < -0.39 is 0 Å². The highest BCUT2D eigenvalue weighted by molar-refractivity contribution is 6.29. The molecular formula is C15H22ClNO. The molecule has 4 atom stereocenters. The third-order valence-corrected chi connectivity index (χ3v) is 5.12. The van der Waals surface area contributed by atoms with Gasteiger partial charge in [0.1, 0.15) is 0 Å². The summed E-state index contributed by atoms with van der Waals surface area (Å²) in [5, 5.41) is 4.27. The van der Waals surface area contributed by atoms with Crippen LogP contribution in [0.4, 0.5) is 0 Å². The maximum atomic E-state index is 6.19. The van der Waals surface area contributed by atoms with Gasteiger partial charge in [-0.3, -0.25) is 0 Å². The molecule has 18 heavy (non-hydrogen) atoms. The Hall–Kier alpha value is -0.470. The smallest absolute Gasteiger partial charge is 0.197 e. The number of hydrogen-bond donors (Lipinski definition) is 1. The molecule has 2 aliphatic carbocycles. The standard InChI is InChI=1S/C15H22ClNO/c1-2-6-17-14(12-5-7-18-15(12)16)13-9-10-3-4-11(13)8-10/h5,7,10-11,13-14,17H,2-4,6,8-9H2,1H3. The summed E-state index contributed by atoms with van der Waals surface area (Å²) < 4.78 is 5.29. The van der Waals surface area contributed by atoms with Crippen LogP contribution >= 0.6 is 11.6 Å². The van der Waals surface area contributed by atoms with E-state index in [0.29, 0.717) is 11.3 Å². The Morgan fingerprint density at radius 3 is 2.89 bits per heavy atom. The van der Waals surface area contributed by atoms with E-state index in [4.69, 9.17) is 16.0 Å². The van der Waals surface area contributed by atoms with Gasteiger partial charge in [0.15, 0.2) is 5.22 Å². The van der Waals surface area contributed by atoms with Crippen LogP contribution in [-0.4, -0.2) is 6.54 Å².